The third kappa shape index (κ3) is 4.63. The zero-order valence-corrected chi connectivity index (χ0v) is 13.3. The van der Waals surface area contributed by atoms with Gasteiger partial charge in [-0.3, -0.25) is 4.79 Å². The summed E-state index contributed by atoms with van der Waals surface area (Å²) in [5.74, 6) is -1.20. The maximum Gasteiger partial charge on any atom is 0.321 e. The van der Waals surface area contributed by atoms with E-state index in [1.807, 2.05) is 0 Å². The lowest BCUT2D eigenvalue weighted by molar-refractivity contribution is -0.139. The van der Waals surface area contributed by atoms with Gasteiger partial charge < -0.3 is 5.11 Å². The minimum Gasteiger partial charge on any atom is -0.480 e. The van der Waals surface area contributed by atoms with Crippen molar-refractivity contribution in [1.82, 2.24) is 4.72 Å². The molecular formula is C12H15Cl2NO4S. The summed E-state index contributed by atoms with van der Waals surface area (Å²) in [4.78, 5) is 10.9. The van der Waals surface area contributed by atoms with E-state index in [0.717, 1.165) is 0 Å². The van der Waals surface area contributed by atoms with Crippen LogP contribution in [0, 0.1) is 5.92 Å². The quantitative estimate of drug-likeness (QED) is 0.834. The Morgan fingerprint density at radius 1 is 1.35 bits per heavy atom. The highest BCUT2D eigenvalue weighted by Crippen LogP contribution is 2.25. The number of nitrogens with one attached hydrogen (secondary N) is 1. The van der Waals surface area contributed by atoms with E-state index in [2.05, 4.69) is 4.72 Å². The van der Waals surface area contributed by atoms with Crippen molar-refractivity contribution in [3.05, 3.63) is 28.2 Å². The SMILES string of the molecule is CC(C)C[C@H](NS(=O)(=O)c1ccc(Cl)cc1Cl)C(=O)O. The Morgan fingerprint density at radius 3 is 2.40 bits per heavy atom. The van der Waals surface area contributed by atoms with Gasteiger partial charge in [0.2, 0.25) is 10.0 Å². The summed E-state index contributed by atoms with van der Waals surface area (Å²) >= 11 is 11.5. The van der Waals surface area contributed by atoms with E-state index in [1.165, 1.54) is 18.2 Å². The lowest BCUT2D eigenvalue weighted by atomic mass is 10.1. The highest BCUT2D eigenvalue weighted by molar-refractivity contribution is 7.89. The second-order valence-electron chi connectivity index (χ2n) is 4.72. The Balaban J connectivity index is 3.06. The van der Waals surface area contributed by atoms with Crippen LogP contribution >= 0.6 is 23.2 Å². The molecule has 1 aromatic rings. The summed E-state index contributed by atoms with van der Waals surface area (Å²) in [6.07, 6.45) is 0.180. The third-order valence-corrected chi connectivity index (χ3v) is 4.68. The summed E-state index contributed by atoms with van der Waals surface area (Å²) in [5, 5.41) is 9.31. The van der Waals surface area contributed by atoms with Crippen LogP contribution in [0.4, 0.5) is 0 Å². The van der Waals surface area contributed by atoms with Crippen LogP contribution < -0.4 is 4.72 Å². The molecule has 0 saturated carbocycles. The molecule has 0 aliphatic carbocycles. The largest absolute Gasteiger partial charge is 0.480 e. The molecule has 0 aromatic heterocycles. The molecule has 112 valence electrons. The number of carboxylic acid groups (broad SMARTS) is 1. The molecule has 8 heteroatoms. The predicted molar refractivity (Wildman–Crippen MR) is 77.7 cm³/mol. The average Bonchev–Trinajstić information content (AvgIpc) is 2.26. The van der Waals surface area contributed by atoms with E-state index in [-0.39, 0.29) is 22.3 Å². The second-order valence-corrected chi connectivity index (χ2v) is 7.24. The molecule has 0 amide bonds. The van der Waals surface area contributed by atoms with Crippen molar-refractivity contribution in [1.29, 1.82) is 0 Å². The molecule has 0 radical (unpaired) electrons. The molecule has 0 saturated heterocycles. The Bertz CT molecular complexity index is 601. The first-order valence-corrected chi connectivity index (χ1v) is 8.07. The van der Waals surface area contributed by atoms with E-state index in [1.54, 1.807) is 13.8 Å². The van der Waals surface area contributed by atoms with Crippen LogP contribution in [-0.4, -0.2) is 25.5 Å². The number of aliphatic carboxylic acids is 1. The topological polar surface area (TPSA) is 83.5 Å². The first-order valence-electron chi connectivity index (χ1n) is 5.83. The highest BCUT2D eigenvalue weighted by Gasteiger charge is 2.27. The van der Waals surface area contributed by atoms with E-state index in [0.29, 0.717) is 5.02 Å². The van der Waals surface area contributed by atoms with Crippen LogP contribution in [0.5, 0.6) is 0 Å². The summed E-state index contributed by atoms with van der Waals surface area (Å²) in [6.45, 7) is 3.61. The number of carbonyl (C=O) groups is 1. The number of benzene rings is 1. The van der Waals surface area contributed by atoms with Crippen LogP contribution in [-0.2, 0) is 14.8 Å². The monoisotopic (exact) mass is 339 g/mol. The van der Waals surface area contributed by atoms with E-state index in [4.69, 9.17) is 28.3 Å². The normalized spacial score (nSPS) is 13.4. The molecule has 1 aromatic carbocycles. The molecule has 1 atom stereocenters. The average molecular weight is 340 g/mol. The standard InChI is InChI=1S/C12H15Cl2NO4S/c1-7(2)5-10(12(16)17)15-20(18,19)11-4-3-8(13)6-9(11)14/h3-4,6-7,10,15H,5H2,1-2H3,(H,16,17)/t10-/m0/s1. The number of sulfonamides is 1. The molecule has 0 spiro atoms. The molecular weight excluding hydrogens is 325 g/mol. The minimum atomic E-state index is -4.02. The molecule has 0 heterocycles. The first-order chi connectivity index (χ1) is 9.13. The number of rotatable bonds is 6. The predicted octanol–water partition coefficient (Wildman–Crippen LogP) is 2.77. The molecule has 5 nitrogen and oxygen atoms in total. The zero-order valence-electron chi connectivity index (χ0n) is 10.9. The lowest BCUT2D eigenvalue weighted by Crippen LogP contribution is -2.41. The van der Waals surface area contributed by atoms with Crippen molar-refractivity contribution in [2.45, 2.75) is 31.2 Å². The van der Waals surface area contributed by atoms with E-state index < -0.39 is 22.0 Å². The number of hydrogen-bond acceptors (Lipinski definition) is 3. The molecule has 1 rings (SSSR count). The maximum atomic E-state index is 12.2. The fourth-order valence-corrected chi connectivity index (χ4v) is 3.59. The van der Waals surface area contributed by atoms with Gasteiger partial charge in [-0.25, -0.2) is 8.42 Å². The van der Waals surface area contributed by atoms with Crippen molar-refractivity contribution in [2.24, 2.45) is 5.92 Å². The fourth-order valence-electron chi connectivity index (χ4n) is 1.61. The van der Waals surface area contributed by atoms with Gasteiger partial charge in [0.25, 0.3) is 0 Å². The van der Waals surface area contributed by atoms with Crippen LogP contribution in [0.25, 0.3) is 0 Å². The van der Waals surface area contributed by atoms with E-state index >= 15 is 0 Å². The summed E-state index contributed by atoms with van der Waals surface area (Å²) in [5.41, 5.74) is 0. The zero-order chi connectivity index (χ0) is 15.5. The number of halogens is 2. The lowest BCUT2D eigenvalue weighted by Gasteiger charge is -2.17. The molecule has 0 bridgehead atoms. The van der Waals surface area contributed by atoms with Gasteiger partial charge in [-0.2, -0.15) is 4.72 Å². The number of hydrogen-bond donors (Lipinski definition) is 2. The molecule has 0 unspecified atom stereocenters. The Kier molecular flexibility index (Phi) is 5.82. The minimum absolute atomic E-state index is 0.0273. The van der Waals surface area contributed by atoms with Crippen LogP contribution in [0.2, 0.25) is 10.0 Å². The molecule has 2 N–H and O–H groups in total. The van der Waals surface area contributed by atoms with E-state index in [9.17, 15) is 13.2 Å². The smallest absolute Gasteiger partial charge is 0.321 e. The first kappa shape index (κ1) is 17.2. The van der Waals surface area contributed by atoms with Crippen molar-refractivity contribution >= 4 is 39.2 Å². The fraction of sp³-hybridized carbons (Fsp3) is 0.417. The third-order valence-electron chi connectivity index (χ3n) is 2.49. The highest BCUT2D eigenvalue weighted by atomic mass is 35.5. The second kappa shape index (κ2) is 6.76. The van der Waals surface area contributed by atoms with Gasteiger partial charge in [-0.05, 0) is 30.5 Å². The maximum absolute atomic E-state index is 12.2. The van der Waals surface area contributed by atoms with Gasteiger partial charge in [0.05, 0.1) is 5.02 Å². The van der Waals surface area contributed by atoms with Crippen LogP contribution in [0.15, 0.2) is 23.1 Å². The Morgan fingerprint density at radius 2 is 1.95 bits per heavy atom. The van der Waals surface area contributed by atoms with Gasteiger partial charge in [0, 0.05) is 5.02 Å². The molecule has 0 fully saturated rings. The van der Waals surface area contributed by atoms with Crippen molar-refractivity contribution in [3.63, 3.8) is 0 Å². The van der Waals surface area contributed by atoms with Gasteiger partial charge in [0.15, 0.2) is 0 Å². The van der Waals surface area contributed by atoms with Gasteiger partial charge >= 0.3 is 5.97 Å². The Hall–Kier alpha value is -0.820. The van der Waals surface area contributed by atoms with Crippen molar-refractivity contribution in [2.75, 3.05) is 0 Å². The molecule has 0 aliphatic heterocycles. The van der Waals surface area contributed by atoms with Gasteiger partial charge in [0.1, 0.15) is 10.9 Å². The van der Waals surface area contributed by atoms with Crippen molar-refractivity contribution < 1.29 is 18.3 Å². The summed E-state index contributed by atoms with van der Waals surface area (Å²) in [6, 6.07) is 2.70. The molecule has 20 heavy (non-hydrogen) atoms. The van der Waals surface area contributed by atoms with Crippen molar-refractivity contribution in [3.8, 4) is 0 Å². The van der Waals surface area contributed by atoms with Crippen LogP contribution in [0.3, 0.4) is 0 Å². The van der Waals surface area contributed by atoms with Gasteiger partial charge in [-0.1, -0.05) is 37.0 Å². The van der Waals surface area contributed by atoms with Crippen LogP contribution in [0.1, 0.15) is 20.3 Å². The Labute approximate surface area is 127 Å². The van der Waals surface area contributed by atoms with Gasteiger partial charge in [-0.15, -0.1) is 0 Å². The molecule has 0 aliphatic rings. The summed E-state index contributed by atoms with van der Waals surface area (Å²) in [7, 11) is -4.02. The number of carboxylic acids is 1. The summed E-state index contributed by atoms with van der Waals surface area (Å²) < 4.78 is 26.5.